The van der Waals surface area contributed by atoms with E-state index in [4.69, 9.17) is 0 Å². The average Bonchev–Trinajstić information content (AvgIpc) is 2.46. The van der Waals surface area contributed by atoms with Crippen molar-refractivity contribution in [3.8, 4) is 0 Å². The molecule has 112 valence electrons. The van der Waals surface area contributed by atoms with Crippen LogP contribution in [-0.4, -0.2) is 25.5 Å². The van der Waals surface area contributed by atoms with Gasteiger partial charge in [-0.05, 0) is 37.5 Å². The van der Waals surface area contributed by atoms with Gasteiger partial charge in [0.25, 0.3) is 0 Å². The second kappa shape index (κ2) is 6.24. The van der Waals surface area contributed by atoms with E-state index in [0.29, 0.717) is 18.4 Å². The Labute approximate surface area is 124 Å². The summed E-state index contributed by atoms with van der Waals surface area (Å²) in [4.78, 5) is 11.4. The van der Waals surface area contributed by atoms with Crippen LogP contribution >= 0.6 is 0 Å². The van der Waals surface area contributed by atoms with Crippen molar-refractivity contribution in [2.45, 2.75) is 30.7 Å². The second-order valence-electron chi connectivity index (χ2n) is 4.90. The number of carboxylic acid groups (broad SMARTS) is 1. The molecule has 0 aromatic heterocycles. The third kappa shape index (κ3) is 3.80. The minimum absolute atomic E-state index is 0.0614. The van der Waals surface area contributed by atoms with E-state index in [2.05, 4.69) is 4.72 Å². The molecule has 2 rings (SSSR count). The maximum Gasteiger partial charge on any atom is 0.326 e. The highest BCUT2D eigenvalue weighted by Crippen LogP contribution is 2.18. The predicted octanol–water partition coefficient (Wildman–Crippen LogP) is 2.00. The summed E-state index contributed by atoms with van der Waals surface area (Å²) >= 11 is 0. The lowest BCUT2D eigenvalue weighted by Crippen LogP contribution is -2.42. The summed E-state index contributed by atoms with van der Waals surface area (Å²) in [6.45, 7) is 1.85. The van der Waals surface area contributed by atoms with Crippen molar-refractivity contribution in [3.63, 3.8) is 0 Å². The molecule has 0 saturated carbocycles. The quantitative estimate of drug-likeness (QED) is 0.815. The summed E-state index contributed by atoms with van der Waals surface area (Å²) in [5.74, 6) is -1.20. The zero-order valence-corrected chi connectivity index (χ0v) is 12.4. The van der Waals surface area contributed by atoms with Crippen molar-refractivity contribution < 1.29 is 18.3 Å². The summed E-state index contributed by atoms with van der Waals surface area (Å²) < 4.78 is 26.8. The largest absolute Gasteiger partial charge is 0.480 e. The molecule has 1 aromatic carbocycles. The van der Waals surface area contributed by atoms with E-state index in [-0.39, 0.29) is 4.90 Å². The number of nitrogens with one attached hydrogen (secondary N) is 1. The molecule has 0 radical (unpaired) electrons. The Morgan fingerprint density at radius 3 is 2.43 bits per heavy atom. The lowest BCUT2D eigenvalue weighted by atomic mass is 9.99. The van der Waals surface area contributed by atoms with Crippen LogP contribution in [0.5, 0.6) is 0 Å². The van der Waals surface area contributed by atoms with Gasteiger partial charge in [-0.15, -0.1) is 0 Å². The van der Waals surface area contributed by atoms with Crippen LogP contribution in [0.1, 0.15) is 18.4 Å². The molecule has 0 heterocycles. The molecular formula is C15H17NO4S. The molecule has 0 spiro atoms. The number of hydrogen-bond donors (Lipinski definition) is 2. The highest BCUT2D eigenvalue weighted by Gasteiger charge is 2.28. The molecule has 1 aliphatic rings. The number of sulfonamides is 1. The first-order valence-corrected chi connectivity index (χ1v) is 8.04. The van der Waals surface area contributed by atoms with Crippen molar-refractivity contribution in [2.75, 3.05) is 0 Å². The molecule has 6 heteroatoms. The fraction of sp³-hybridized carbons (Fsp3) is 0.267. The van der Waals surface area contributed by atoms with Crippen LogP contribution in [0.2, 0.25) is 0 Å². The van der Waals surface area contributed by atoms with E-state index in [1.165, 1.54) is 12.1 Å². The molecule has 0 fully saturated rings. The van der Waals surface area contributed by atoms with Gasteiger partial charge in [0.15, 0.2) is 0 Å². The molecule has 1 aliphatic carbocycles. The minimum atomic E-state index is -3.87. The van der Waals surface area contributed by atoms with E-state index >= 15 is 0 Å². The minimum Gasteiger partial charge on any atom is -0.480 e. The molecule has 0 bridgehead atoms. The van der Waals surface area contributed by atoms with Gasteiger partial charge in [-0.25, -0.2) is 8.42 Å². The molecule has 1 unspecified atom stereocenters. The number of benzene rings is 1. The lowest BCUT2D eigenvalue weighted by Gasteiger charge is -2.19. The van der Waals surface area contributed by atoms with Crippen LogP contribution in [0.15, 0.2) is 53.0 Å². The Hall–Kier alpha value is -1.92. The van der Waals surface area contributed by atoms with E-state index < -0.39 is 22.0 Å². The number of aliphatic carboxylic acids is 1. The monoisotopic (exact) mass is 307 g/mol. The number of rotatable bonds is 5. The predicted molar refractivity (Wildman–Crippen MR) is 79.4 cm³/mol. The van der Waals surface area contributed by atoms with Crippen LogP contribution in [-0.2, 0) is 14.8 Å². The van der Waals surface area contributed by atoms with Crippen LogP contribution in [0, 0.1) is 6.92 Å². The number of carbonyl (C=O) groups is 1. The highest BCUT2D eigenvalue weighted by molar-refractivity contribution is 7.89. The average molecular weight is 307 g/mol. The third-order valence-electron chi connectivity index (χ3n) is 3.26. The van der Waals surface area contributed by atoms with Crippen molar-refractivity contribution in [3.05, 3.63) is 53.6 Å². The maximum absolute atomic E-state index is 12.3. The van der Waals surface area contributed by atoms with Crippen LogP contribution in [0.4, 0.5) is 0 Å². The van der Waals surface area contributed by atoms with Gasteiger partial charge in [0.2, 0.25) is 10.0 Å². The smallest absolute Gasteiger partial charge is 0.326 e. The molecule has 21 heavy (non-hydrogen) atoms. The second-order valence-corrected chi connectivity index (χ2v) is 6.61. The third-order valence-corrected chi connectivity index (χ3v) is 4.70. The topological polar surface area (TPSA) is 83.5 Å². The first-order valence-electron chi connectivity index (χ1n) is 6.56. The van der Waals surface area contributed by atoms with Gasteiger partial charge in [-0.2, -0.15) is 4.72 Å². The van der Waals surface area contributed by atoms with Gasteiger partial charge in [0.05, 0.1) is 4.90 Å². The van der Waals surface area contributed by atoms with Crippen LogP contribution < -0.4 is 4.72 Å². The van der Waals surface area contributed by atoms with Crippen LogP contribution in [0.25, 0.3) is 0 Å². The summed E-state index contributed by atoms with van der Waals surface area (Å²) in [6.07, 6.45) is 6.55. The normalized spacial score (nSPS) is 16.3. The standard InChI is InChI=1S/C15H17NO4S/c1-11-7-9-13(10-8-11)21(19,20)16-14(15(17)18)12-5-3-2-4-6-12/h2-3,6-10,14,16H,4-5H2,1H3,(H,17,18). The first kappa shape index (κ1) is 15.5. The molecule has 5 nitrogen and oxygen atoms in total. The molecule has 1 atom stereocenters. The summed E-state index contributed by atoms with van der Waals surface area (Å²) in [6, 6.07) is 5.04. The Balaban J connectivity index is 2.25. The Bertz CT molecular complexity index is 687. The number of aryl methyl sites for hydroxylation is 1. The van der Waals surface area contributed by atoms with Gasteiger partial charge in [0, 0.05) is 0 Å². The highest BCUT2D eigenvalue weighted by atomic mass is 32.2. The molecule has 0 aliphatic heterocycles. The molecule has 0 saturated heterocycles. The van der Waals surface area contributed by atoms with Crippen molar-refractivity contribution in [1.82, 2.24) is 4.72 Å². The fourth-order valence-corrected chi connectivity index (χ4v) is 3.27. The van der Waals surface area contributed by atoms with Gasteiger partial charge < -0.3 is 5.11 Å². The van der Waals surface area contributed by atoms with Crippen molar-refractivity contribution in [2.24, 2.45) is 0 Å². The number of allylic oxidation sites excluding steroid dienone is 3. The first-order chi connectivity index (χ1) is 9.90. The summed E-state index contributed by atoms with van der Waals surface area (Å²) in [5.41, 5.74) is 1.49. The van der Waals surface area contributed by atoms with Gasteiger partial charge >= 0.3 is 5.97 Å². The van der Waals surface area contributed by atoms with Gasteiger partial charge in [-0.3, -0.25) is 4.79 Å². The molecular weight excluding hydrogens is 290 g/mol. The molecule has 1 aromatic rings. The van der Waals surface area contributed by atoms with E-state index in [9.17, 15) is 18.3 Å². The van der Waals surface area contributed by atoms with Crippen molar-refractivity contribution in [1.29, 1.82) is 0 Å². The zero-order chi connectivity index (χ0) is 15.5. The lowest BCUT2D eigenvalue weighted by molar-refractivity contribution is -0.138. The summed E-state index contributed by atoms with van der Waals surface area (Å²) in [5, 5.41) is 9.29. The van der Waals surface area contributed by atoms with Gasteiger partial charge in [0.1, 0.15) is 6.04 Å². The molecule has 0 amide bonds. The number of hydrogen-bond acceptors (Lipinski definition) is 3. The Kier molecular flexibility index (Phi) is 4.59. The maximum atomic E-state index is 12.3. The summed E-state index contributed by atoms with van der Waals surface area (Å²) in [7, 11) is -3.87. The molecule has 2 N–H and O–H groups in total. The van der Waals surface area contributed by atoms with Crippen molar-refractivity contribution >= 4 is 16.0 Å². The van der Waals surface area contributed by atoms with E-state index in [1.807, 2.05) is 19.1 Å². The zero-order valence-electron chi connectivity index (χ0n) is 11.6. The Morgan fingerprint density at radius 2 is 1.90 bits per heavy atom. The Morgan fingerprint density at radius 1 is 1.24 bits per heavy atom. The number of carboxylic acids is 1. The van der Waals surface area contributed by atoms with Gasteiger partial charge in [-0.1, -0.05) is 35.9 Å². The van der Waals surface area contributed by atoms with Crippen LogP contribution in [0.3, 0.4) is 0 Å². The fourth-order valence-electron chi connectivity index (χ4n) is 2.08. The van der Waals surface area contributed by atoms with E-state index in [1.54, 1.807) is 18.2 Å². The SMILES string of the molecule is Cc1ccc(S(=O)(=O)NC(C(=O)O)C2=CCC=CC2)cc1. The van der Waals surface area contributed by atoms with E-state index in [0.717, 1.165) is 5.56 Å².